The molecular weight excluding hydrogens is 426 g/mol. The third kappa shape index (κ3) is 3.48. The molecule has 2 N–H and O–H groups in total. The van der Waals surface area contributed by atoms with Gasteiger partial charge in [-0.2, -0.15) is 0 Å². The lowest BCUT2D eigenvalue weighted by Gasteiger charge is -2.34. The number of nitro benzene ring substituents is 1. The average Bonchev–Trinajstić information content (AvgIpc) is 3.37. The first-order chi connectivity index (χ1) is 15.2. The van der Waals surface area contributed by atoms with E-state index >= 15 is 0 Å². The first-order valence-electron chi connectivity index (χ1n) is 10.8. The molecule has 0 bridgehead atoms. The molecule has 0 saturated heterocycles. The van der Waals surface area contributed by atoms with Crippen molar-refractivity contribution in [2.75, 3.05) is 5.32 Å². The number of hydrogen-bond donors (Lipinski definition) is 2. The second kappa shape index (κ2) is 7.48. The van der Waals surface area contributed by atoms with E-state index in [2.05, 4.69) is 31.4 Å². The lowest BCUT2D eigenvalue weighted by molar-refractivity contribution is -0.384. The van der Waals surface area contributed by atoms with Crippen LogP contribution in [0.2, 0.25) is 0 Å². The Bertz CT molecular complexity index is 1220. The zero-order valence-electron chi connectivity index (χ0n) is 18.2. The van der Waals surface area contributed by atoms with Gasteiger partial charge in [0.1, 0.15) is 16.5 Å². The van der Waals surface area contributed by atoms with Gasteiger partial charge >= 0.3 is 0 Å². The number of nitrogens with one attached hydrogen (secondary N) is 2. The number of hydrogen-bond acceptors (Lipinski definition) is 6. The predicted octanol–water partition coefficient (Wildman–Crippen LogP) is 5.92. The molecule has 0 fully saturated rings. The molecule has 1 aliphatic heterocycles. The third-order valence-corrected chi connectivity index (χ3v) is 7.73. The maximum Gasteiger partial charge on any atom is 0.280 e. The number of amides is 1. The number of benzene rings is 1. The fourth-order valence-electron chi connectivity index (χ4n) is 4.67. The van der Waals surface area contributed by atoms with Crippen molar-refractivity contribution in [2.24, 2.45) is 11.3 Å². The summed E-state index contributed by atoms with van der Waals surface area (Å²) < 4.78 is 5.95. The van der Waals surface area contributed by atoms with Crippen LogP contribution in [0.5, 0.6) is 0 Å². The van der Waals surface area contributed by atoms with E-state index < -0.39 is 11.1 Å². The van der Waals surface area contributed by atoms with Gasteiger partial charge in [0.05, 0.1) is 16.1 Å². The summed E-state index contributed by atoms with van der Waals surface area (Å²) in [6.45, 7) is 6.84. The molecule has 0 saturated carbocycles. The zero-order chi connectivity index (χ0) is 22.6. The van der Waals surface area contributed by atoms with Crippen molar-refractivity contribution in [1.82, 2.24) is 5.32 Å². The van der Waals surface area contributed by atoms with Gasteiger partial charge in [0, 0.05) is 10.9 Å². The quantitative estimate of drug-likeness (QED) is 0.380. The number of nitro groups is 1. The second-order valence-corrected chi connectivity index (χ2v) is 10.6. The molecule has 1 aliphatic carbocycles. The Morgan fingerprint density at radius 1 is 1.16 bits per heavy atom. The number of rotatable bonds is 3. The van der Waals surface area contributed by atoms with E-state index in [4.69, 9.17) is 4.42 Å². The Balaban J connectivity index is 1.43. The van der Waals surface area contributed by atoms with Crippen molar-refractivity contribution in [3.8, 4) is 11.3 Å². The number of para-hydroxylation sites is 1. The van der Waals surface area contributed by atoms with E-state index in [0.717, 1.165) is 29.8 Å². The lowest BCUT2D eigenvalue weighted by Crippen LogP contribution is -2.38. The van der Waals surface area contributed by atoms with Crippen molar-refractivity contribution in [1.29, 1.82) is 0 Å². The Hall–Kier alpha value is -3.13. The Morgan fingerprint density at radius 2 is 1.94 bits per heavy atom. The van der Waals surface area contributed by atoms with E-state index in [-0.39, 0.29) is 17.0 Å². The minimum atomic E-state index is -0.523. The molecule has 0 unspecified atom stereocenters. The summed E-state index contributed by atoms with van der Waals surface area (Å²) in [6.07, 6.45) is 2.49. The number of nitrogens with zero attached hydrogens (tertiary/aromatic N) is 1. The molecule has 0 radical (unpaired) electrons. The van der Waals surface area contributed by atoms with Gasteiger partial charge in [0.25, 0.3) is 11.6 Å². The molecule has 5 rings (SSSR count). The highest BCUT2D eigenvalue weighted by Crippen LogP contribution is 2.46. The molecule has 3 aromatic rings. The van der Waals surface area contributed by atoms with Gasteiger partial charge < -0.3 is 15.1 Å². The summed E-state index contributed by atoms with van der Waals surface area (Å²) in [5, 5.41) is 18.7. The second-order valence-electron chi connectivity index (χ2n) is 9.54. The lowest BCUT2D eigenvalue weighted by atomic mass is 9.72. The summed E-state index contributed by atoms with van der Waals surface area (Å²) in [6, 6.07) is 9.92. The molecule has 3 heterocycles. The Labute approximate surface area is 190 Å². The molecule has 2 aliphatic rings. The Morgan fingerprint density at radius 3 is 2.69 bits per heavy atom. The first-order valence-corrected chi connectivity index (χ1v) is 11.6. The molecule has 2 aromatic heterocycles. The number of thiophene rings is 1. The molecule has 0 spiro atoms. The van der Waals surface area contributed by atoms with E-state index in [1.807, 2.05) is 0 Å². The van der Waals surface area contributed by atoms with Crippen LogP contribution in [0.1, 0.15) is 59.9 Å². The highest BCUT2D eigenvalue weighted by Gasteiger charge is 2.37. The summed E-state index contributed by atoms with van der Waals surface area (Å²) in [4.78, 5) is 25.3. The zero-order valence-corrected chi connectivity index (χ0v) is 19.0. The van der Waals surface area contributed by atoms with E-state index in [1.54, 1.807) is 41.7 Å². The van der Waals surface area contributed by atoms with Crippen LogP contribution in [-0.2, 0) is 12.8 Å². The van der Waals surface area contributed by atoms with Gasteiger partial charge in [-0.1, -0.05) is 32.9 Å². The SMILES string of the molecule is CC(C)(C)[C@@H]1CCc2c(sc3c2C(=O)N[C@H](c2ccc(-c4ccccc4[N+](=O)[O-])o2)N3)C1. The molecule has 7 nitrogen and oxygen atoms in total. The summed E-state index contributed by atoms with van der Waals surface area (Å²) in [5.41, 5.74) is 2.57. The van der Waals surface area contributed by atoms with E-state index in [9.17, 15) is 14.9 Å². The van der Waals surface area contributed by atoms with Crippen molar-refractivity contribution < 1.29 is 14.1 Å². The van der Waals surface area contributed by atoms with Crippen LogP contribution in [0.3, 0.4) is 0 Å². The fourth-order valence-corrected chi connectivity index (χ4v) is 6.03. The van der Waals surface area contributed by atoms with Crippen LogP contribution >= 0.6 is 11.3 Å². The largest absolute Gasteiger partial charge is 0.457 e. The molecule has 166 valence electrons. The number of fused-ring (bicyclic) bond motifs is 3. The topological polar surface area (TPSA) is 97.4 Å². The van der Waals surface area contributed by atoms with Crippen molar-refractivity contribution in [2.45, 2.75) is 46.2 Å². The molecule has 8 heteroatoms. The van der Waals surface area contributed by atoms with Crippen LogP contribution < -0.4 is 10.6 Å². The highest BCUT2D eigenvalue weighted by atomic mass is 32.1. The van der Waals surface area contributed by atoms with Crippen molar-refractivity contribution in [3.63, 3.8) is 0 Å². The summed E-state index contributed by atoms with van der Waals surface area (Å²) in [7, 11) is 0. The highest BCUT2D eigenvalue weighted by molar-refractivity contribution is 7.16. The first kappa shape index (κ1) is 20.8. The fraction of sp³-hybridized carbons (Fsp3) is 0.375. The van der Waals surface area contributed by atoms with Gasteiger partial charge in [-0.15, -0.1) is 11.3 Å². The van der Waals surface area contributed by atoms with Gasteiger partial charge in [-0.25, -0.2) is 0 Å². The maximum absolute atomic E-state index is 13.0. The maximum atomic E-state index is 13.0. The minimum absolute atomic E-state index is 0.0179. The monoisotopic (exact) mass is 451 g/mol. The number of furan rings is 1. The number of carbonyl (C=O) groups excluding carboxylic acids is 1. The van der Waals surface area contributed by atoms with Crippen molar-refractivity contribution in [3.05, 3.63) is 68.3 Å². The molecule has 1 aromatic carbocycles. The van der Waals surface area contributed by atoms with E-state index in [0.29, 0.717) is 23.0 Å². The minimum Gasteiger partial charge on any atom is -0.457 e. The Kier molecular flexibility index (Phi) is 4.85. The van der Waals surface area contributed by atoms with Crippen LogP contribution in [0, 0.1) is 21.4 Å². The molecule has 2 atom stereocenters. The van der Waals surface area contributed by atoms with Crippen molar-refractivity contribution >= 4 is 27.9 Å². The third-order valence-electron chi connectivity index (χ3n) is 6.55. The van der Waals surface area contributed by atoms with Gasteiger partial charge in [-0.3, -0.25) is 14.9 Å². The van der Waals surface area contributed by atoms with Crippen LogP contribution in [0.15, 0.2) is 40.8 Å². The van der Waals surface area contributed by atoms with Gasteiger partial charge in [0.15, 0.2) is 6.17 Å². The number of anilines is 1. The van der Waals surface area contributed by atoms with Crippen LogP contribution in [0.25, 0.3) is 11.3 Å². The van der Waals surface area contributed by atoms with Gasteiger partial charge in [-0.05, 0) is 54.4 Å². The normalized spacial score (nSPS) is 20.2. The standard InChI is InChI=1S/C24H25N3O4S/c1-24(2,3)13-8-9-15-19(12-13)32-23-20(15)22(28)25-21(26-23)18-11-10-17(31-18)14-6-4-5-7-16(14)27(29)30/h4-7,10-11,13,21,26H,8-9,12H2,1-3H3,(H,25,28)/t13-,21+/m1/s1. The predicted molar refractivity (Wildman–Crippen MR) is 124 cm³/mol. The molecule has 1 amide bonds. The summed E-state index contributed by atoms with van der Waals surface area (Å²) >= 11 is 1.67. The van der Waals surface area contributed by atoms with Crippen LogP contribution in [-0.4, -0.2) is 10.8 Å². The van der Waals surface area contributed by atoms with Gasteiger partial charge in [0.2, 0.25) is 0 Å². The smallest absolute Gasteiger partial charge is 0.280 e. The van der Waals surface area contributed by atoms with E-state index in [1.165, 1.54) is 16.5 Å². The average molecular weight is 452 g/mol. The number of carbonyl (C=O) groups is 1. The molecule has 32 heavy (non-hydrogen) atoms. The van der Waals surface area contributed by atoms with Crippen LogP contribution in [0.4, 0.5) is 10.7 Å². The molecular formula is C24H25N3O4S. The summed E-state index contributed by atoms with van der Waals surface area (Å²) in [5.74, 6) is 1.41.